The van der Waals surface area contributed by atoms with Crippen LogP contribution in [0.2, 0.25) is 0 Å². The molecule has 4 rings (SSSR count). The van der Waals surface area contributed by atoms with Crippen molar-refractivity contribution in [3.05, 3.63) is 72.6 Å². The summed E-state index contributed by atoms with van der Waals surface area (Å²) in [5.74, 6) is 1.14. The number of hydrogen-bond donors (Lipinski definition) is 1. The van der Waals surface area contributed by atoms with E-state index in [4.69, 9.17) is 18.9 Å². The average molecular weight is 557 g/mol. The highest BCUT2D eigenvalue weighted by Gasteiger charge is 2.37. The number of amides is 1. The summed E-state index contributed by atoms with van der Waals surface area (Å²) in [4.78, 5) is 20.4. The quantitative estimate of drug-likeness (QED) is 0.321. The fraction of sp³-hybridized carbons (Fsp3) is 0.448. The molecule has 1 atom stereocenters. The van der Waals surface area contributed by atoms with Crippen LogP contribution >= 0.6 is 0 Å². The first kappa shape index (κ1) is 29.3. The molecule has 0 bridgehead atoms. The number of aromatic nitrogens is 2. The summed E-state index contributed by atoms with van der Waals surface area (Å²) in [7, 11) is 3.07. The molecular weight excluding hydrogens is 519 g/mol. The zero-order valence-corrected chi connectivity index (χ0v) is 23.0. The molecule has 1 aliphatic rings. The first-order chi connectivity index (χ1) is 19.4. The summed E-state index contributed by atoms with van der Waals surface area (Å²) in [6, 6.07) is 11.4. The fourth-order valence-corrected chi connectivity index (χ4v) is 4.68. The van der Waals surface area contributed by atoms with Crippen molar-refractivity contribution in [3.63, 3.8) is 0 Å². The summed E-state index contributed by atoms with van der Waals surface area (Å²) in [6.45, 7) is 3.00. The van der Waals surface area contributed by atoms with Crippen LogP contribution < -0.4 is 14.2 Å². The predicted molar refractivity (Wildman–Crippen MR) is 146 cm³/mol. The Balaban J connectivity index is 1.43. The molecular formula is C29H37FN4O6. The third-order valence-corrected chi connectivity index (χ3v) is 6.64. The topological polar surface area (TPSA) is 98.5 Å². The van der Waals surface area contributed by atoms with Crippen LogP contribution in [-0.4, -0.2) is 96.2 Å². The van der Waals surface area contributed by atoms with Gasteiger partial charge in [0.2, 0.25) is 5.91 Å². The van der Waals surface area contributed by atoms with Crippen molar-refractivity contribution in [3.8, 4) is 17.2 Å². The van der Waals surface area contributed by atoms with Crippen LogP contribution in [-0.2, 0) is 22.6 Å². The maximum absolute atomic E-state index is 13.3. The normalized spacial score (nSPS) is 17.9. The minimum absolute atomic E-state index is 0.0697. The molecule has 2 heterocycles. The molecule has 2 aromatic carbocycles. The van der Waals surface area contributed by atoms with E-state index >= 15 is 0 Å². The Kier molecular flexibility index (Phi) is 10.3. The van der Waals surface area contributed by atoms with Crippen molar-refractivity contribution >= 4 is 5.91 Å². The lowest BCUT2D eigenvalue weighted by molar-refractivity contribution is -0.138. The average Bonchev–Trinajstić information content (AvgIpc) is 3.41. The largest absolute Gasteiger partial charge is 0.493 e. The molecule has 1 unspecified atom stereocenters. The highest BCUT2D eigenvalue weighted by atomic mass is 19.1. The molecule has 0 spiro atoms. The molecule has 216 valence electrons. The van der Waals surface area contributed by atoms with E-state index in [9.17, 15) is 14.3 Å². The SMILES string of the molecule is COCC(=O)N1CCN(Cc2ccc(OC)c(OCCCn3ccnc3)c2)CC(O)(COc2ccc(F)cc2)C1. The number of carbonyl (C=O) groups is 1. The first-order valence-corrected chi connectivity index (χ1v) is 13.2. The van der Waals surface area contributed by atoms with Crippen LogP contribution in [0.5, 0.6) is 17.2 Å². The lowest BCUT2D eigenvalue weighted by Gasteiger charge is -2.33. The van der Waals surface area contributed by atoms with Crippen molar-refractivity contribution < 1.29 is 33.2 Å². The number of halogens is 1. The van der Waals surface area contributed by atoms with Gasteiger partial charge in [0, 0.05) is 52.2 Å². The van der Waals surface area contributed by atoms with Crippen molar-refractivity contribution in [2.24, 2.45) is 0 Å². The number of hydrogen-bond acceptors (Lipinski definition) is 8. The summed E-state index contributed by atoms with van der Waals surface area (Å²) in [6.07, 6.45) is 6.25. The third kappa shape index (κ3) is 8.41. The van der Waals surface area contributed by atoms with Gasteiger partial charge < -0.3 is 33.5 Å². The minimum atomic E-state index is -1.37. The molecule has 1 saturated heterocycles. The number of carbonyl (C=O) groups excluding carboxylic acids is 1. The number of aryl methyl sites for hydroxylation is 1. The van der Waals surface area contributed by atoms with Crippen LogP contribution in [0.25, 0.3) is 0 Å². The lowest BCUT2D eigenvalue weighted by Crippen LogP contribution is -2.52. The number of nitrogens with zero attached hydrogens (tertiary/aromatic N) is 4. The molecule has 1 aromatic heterocycles. The van der Waals surface area contributed by atoms with Gasteiger partial charge in [0.15, 0.2) is 11.5 Å². The Bertz CT molecular complexity index is 1210. The van der Waals surface area contributed by atoms with E-state index in [0.29, 0.717) is 43.5 Å². The predicted octanol–water partition coefficient (Wildman–Crippen LogP) is 2.60. The zero-order chi connectivity index (χ0) is 28.4. The number of imidazole rings is 1. The molecule has 1 N–H and O–H groups in total. The van der Waals surface area contributed by atoms with Crippen molar-refractivity contribution in [2.45, 2.75) is 25.1 Å². The van der Waals surface area contributed by atoms with E-state index in [1.807, 2.05) is 29.0 Å². The van der Waals surface area contributed by atoms with Gasteiger partial charge in [-0.3, -0.25) is 9.69 Å². The number of β-amino-alcohol motifs (C(OH)–C–C–N with tert-alkyl or cyclic N) is 1. The summed E-state index contributed by atoms with van der Waals surface area (Å²) < 4.78 is 37.7. The van der Waals surface area contributed by atoms with Crippen molar-refractivity contribution in [1.82, 2.24) is 19.4 Å². The van der Waals surface area contributed by atoms with Crippen LogP contribution in [0.4, 0.5) is 4.39 Å². The van der Waals surface area contributed by atoms with E-state index in [0.717, 1.165) is 18.5 Å². The van der Waals surface area contributed by atoms with Gasteiger partial charge in [0.25, 0.3) is 0 Å². The van der Waals surface area contributed by atoms with Gasteiger partial charge in [0.1, 0.15) is 30.4 Å². The van der Waals surface area contributed by atoms with E-state index in [-0.39, 0.29) is 38.0 Å². The van der Waals surface area contributed by atoms with E-state index in [1.54, 1.807) is 24.5 Å². The molecule has 0 aliphatic carbocycles. The molecule has 1 amide bonds. The summed E-state index contributed by atoms with van der Waals surface area (Å²) >= 11 is 0. The molecule has 1 fully saturated rings. The smallest absolute Gasteiger partial charge is 0.248 e. The van der Waals surface area contributed by atoms with Crippen LogP contribution in [0.15, 0.2) is 61.2 Å². The van der Waals surface area contributed by atoms with Gasteiger partial charge in [0.05, 0.1) is 26.6 Å². The Morgan fingerprint density at radius 1 is 1.07 bits per heavy atom. The highest BCUT2D eigenvalue weighted by Crippen LogP contribution is 2.29. The number of aliphatic hydroxyl groups is 1. The second kappa shape index (κ2) is 14.1. The standard InChI is InChI=1S/C29H37FN4O6/c1-37-18-28(35)34-14-13-33(19-29(36,20-34)21-40-25-7-5-24(30)6-8-25)17-23-4-9-26(38-2)27(16-23)39-15-3-11-32-12-10-31-22-32/h4-10,12,16,22,36H,3,11,13-15,17-21H2,1-2H3. The number of rotatable bonds is 13. The first-order valence-electron chi connectivity index (χ1n) is 13.2. The van der Waals surface area contributed by atoms with E-state index < -0.39 is 5.60 Å². The van der Waals surface area contributed by atoms with E-state index in [2.05, 4.69) is 9.88 Å². The van der Waals surface area contributed by atoms with Crippen LogP contribution in [0, 0.1) is 5.82 Å². The number of methoxy groups -OCH3 is 2. The maximum Gasteiger partial charge on any atom is 0.248 e. The molecule has 1 aliphatic heterocycles. The second-order valence-electron chi connectivity index (χ2n) is 9.91. The van der Waals surface area contributed by atoms with Crippen LogP contribution in [0.1, 0.15) is 12.0 Å². The van der Waals surface area contributed by atoms with Crippen LogP contribution in [0.3, 0.4) is 0 Å². The molecule has 3 aromatic rings. The van der Waals surface area contributed by atoms with Gasteiger partial charge in [-0.25, -0.2) is 9.37 Å². The molecule has 40 heavy (non-hydrogen) atoms. The lowest BCUT2D eigenvalue weighted by atomic mass is 10.0. The highest BCUT2D eigenvalue weighted by molar-refractivity contribution is 5.77. The zero-order valence-electron chi connectivity index (χ0n) is 23.0. The van der Waals surface area contributed by atoms with Gasteiger partial charge in [-0.05, 0) is 48.4 Å². The monoisotopic (exact) mass is 556 g/mol. The minimum Gasteiger partial charge on any atom is -0.493 e. The Morgan fingerprint density at radius 2 is 1.90 bits per heavy atom. The third-order valence-electron chi connectivity index (χ3n) is 6.64. The maximum atomic E-state index is 13.3. The number of benzene rings is 2. The summed E-state index contributed by atoms with van der Waals surface area (Å²) in [5, 5.41) is 11.6. The molecule has 0 saturated carbocycles. The van der Waals surface area contributed by atoms with Gasteiger partial charge in [-0.1, -0.05) is 6.07 Å². The molecule has 11 heteroatoms. The van der Waals surface area contributed by atoms with Gasteiger partial charge >= 0.3 is 0 Å². The Morgan fingerprint density at radius 3 is 2.62 bits per heavy atom. The molecule has 10 nitrogen and oxygen atoms in total. The van der Waals surface area contributed by atoms with Gasteiger partial charge in [-0.2, -0.15) is 0 Å². The van der Waals surface area contributed by atoms with Crippen molar-refractivity contribution in [1.29, 1.82) is 0 Å². The fourth-order valence-electron chi connectivity index (χ4n) is 4.68. The van der Waals surface area contributed by atoms with Crippen molar-refractivity contribution in [2.75, 3.05) is 60.2 Å². The van der Waals surface area contributed by atoms with Gasteiger partial charge in [-0.15, -0.1) is 0 Å². The number of ether oxygens (including phenoxy) is 4. The second-order valence-corrected chi connectivity index (χ2v) is 9.91. The summed E-state index contributed by atoms with van der Waals surface area (Å²) in [5.41, 5.74) is -0.392. The van der Waals surface area contributed by atoms with E-state index in [1.165, 1.54) is 31.4 Å². The molecule has 0 radical (unpaired) electrons. The Labute approximate surface area is 233 Å². The Hall–Kier alpha value is -3.67.